The van der Waals surface area contributed by atoms with Gasteiger partial charge in [0.1, 0.15) is 47.8 Å². The summed E-state index contributed by atoms with van der Waals surface area (Å²) in [6.45, 7) is 11.1. The number of esters is 1. The molecule has 9 N–H and O–H groups in total. The summed E-state index contributed by atoms with van der Waals surface area (Å²) < 4.78 is 35.6. The van der Waals surface area contributed by atoms with Crippen molar-refractivity contribution in [3.8, 4) is 23.0 Å². The highest BCUT2D eigenvalue weighted by Crippen LogP contribution is 2.55. The molecule has 4 aliphatic rings. The molecule has 0 spiro atoms. The summed E-state index contributed by atoms with van der Waals surface area (Å²) in [5.41, 5.74) is -1.53. The summed E-state index contributed by atoms with van der Waals surface area (Å²) in [6.07, 6.45) is -5.72. The Kier molecular flexibility index (Phi) is 15.0. The minimum Gasteiger partial charge on any atom is -0.507 e. The van der Waals surface area contributed by atoms with Gasteiger partial charge in [0.15, 0.2) is 18.3 Å². The van der Waals surface area contributed by atoms with Crippen LogP contribution in [0.25, 0.3) is 10.8 Å². The molecule has 19 nitrogen and oxygen atoms in total. The van der Waals surface area contributed by atoms with Crippen LogP contribution in [0, 0.1) is 30.6 Å². The van der Waals surface area contributed by atoms with Gasteiger partial charge in [0.2, 0.25) is 0 Å². The summed E-state index contributed by atoms with van der Waals surface area (Å²) in [4.78, 5) is 52.9. The molecule has 346 valence electrons. The normalized spacial score (nSPS) is 35.7. The van der Waals surface area contributed by atoms with E-state index in [-0.39, 0.29) is 28.7 Å². The Labute approximate surface area is 363 Å². The van der Waals surface area contributed by atoms with Crippen LogP contribution in [0.1, 0.15) is 74.7 Å². The number of phenols is 3. The van der Waals surface area contributed by atoms with Gasteiger partial charge in [-0.05, 0) is 19.9 Å². The first-order valence-corrected chi connectivity index (χ1v) is 20.4. The summed E-state index contributed by atoms with van der Waals surface area (Å²) in [7, 11) is 1.36. The molecule has 2 aromatic rings. The smallest absolute Gasteiger partial charge is 0.312 e. The summed E-state index contributed by atoms with van der Waals surface area (Å²) in [6, 6.07) is 0. The van der Waals surface area contributed by atoms with E-state index in [0.29, 0.717) is 0 Å². The summed E-state index contributed by atoms with van der Waals surface area (Å²) in [5, 5.41) is 89.6. The lowest BCUT2D eigenvalue weighted by molar-refractivity contribution is -0.323. The molecule has 0 saturated carbocycles. The molecular weight excluding hydrogens is 830 g/mol. The zero-order valence-corrected chi connectivity index (χ0v) is 36.3. The number of carbonyl (C=O) groups is 4. The number of anilines is 1. The van der Waals surface area contributed by atoms with E-state index in [9.17, 15) is 60.0 Å². The van der Waals surface area contributed by atoms with Gasteiger partial charge in [0, 0.05) is 61.2 Å². The van der Waals surface area contributed by atoms with Crippen molar-refractivity contribution in [1.29, 1.82) is 0 Å². The molecule has 1 saturated heterocycles. The molecule has 0 radical (unpaired) electrons. The van der Waals surface area contributed by atoms with E-state index in [0.717, 1.165) is 6.26 Å². The van der Waals surface area contributed by atoms with Gasteiger partial charge in [-0.3, -0.25) is 19.2 Å². The number of rotatable bonds is 6. The van der Waals surface area contributed by atoms with Crippen molar-refractivity contribution in [2.45, 2.75) is 116 Å². The first kappa shape index (κ1) is 48.9. The standard InChI is InChI=1S/C44H57NO18/c1-17-11-10-12-18(2)42(57)45-30-24(15-46)33(51)27-28(35(30)53)32(50)21(5)40-29(27)41(56)44(8,63-40)59-14-13-25(58-9)19(3)38(60-23(7)48)22(6)39(20(4)31(17)49)62-43-37(55)36(54)34(52)26(16-47)61-43/h10-15,17,19-20,22,25-26,31,34,36-39,43,47,49-55H,16H2,1-9H3,(H,45,57)/b11-10-,14-13?,18-12-/t17-,19+,20+,22-,25-,26+,31-,34+,36-,37+,38+,39+,43-,44-/m0/s1. The number of aliphatic hydroxyl groups excluding tert-OH is 5. The van der Waals surface area contributed by atoms with E-state index in [1.807, 2.05) is 0 Å². The number of phenolic OH excluding ortho intramolecular Hbond substituents is 3. The number of benzene rings is 2. The Balaban J connectivity index is 1.67. The SMILES string of the molecule is CO[C@H]1C=CO[C@@]2(C)Oc3c(C)c(O)c4c(O)c(c(C=O)c(O)c4c3C2=O)NC(=O)/C(C)=C\C=C/[C@H](C)[C@H](O)[C@@H](C)[C@@H](O[C@@H]2O[C@H](CO)[C@@H](O)[C@H](O)[C@H]2O)[C@@H](C)[C@H](OC(C)=O)[C@@H]1C. The number of nitrogens with one attached hydrogen (secondary N) is 1. The number of fused-ring (bicyclic) bond motifs is 14. The lowest BCUT2D eigenvalue weighted by atomic mass is 9.78. The van der Waals surface area contributed by atoms with Gasteiger partial charge in [-0.2, -0.15) is 0 Å². The minimum atomic E-state index is -2.17. The van der Waals surface area contributed by atoms with Crippen LogP contribution in [0.2, 0.25) is 0 Å². The van der Waals surface area contributed by atoms with E-state index < -0.39 is 148 Å². The van der Waals surface area contributed by atoms with E-state index in [1.165, 1.54) is 53.0 Å². The van der Waals surface area contributed by atoms with Gasteiger partial charge in [-0.15, -0.1) is 0 Å². The first-order valence-electron chi connectivity index (χ1n) is 20.4. The summed E-state index contributed by atoms with van der Waals surface area (Å²) in [5.74, 6) is -10.4. The fraction of sp³-hybridized carbons (Fsp3) is 0.545. The maximum Gasteiger partial charge on any atom is 0.312 e. The largest absolute Gasteiger partial charge is 0.507 e. The number of aromatic hydroxyl groups is 3. The number of ether oxygens (including phenoxy) is 6. The molecule has 4 aliphatic heterocycles. The molecule has 2 aromatic carbocycles. The maximum absolute atomic E-state index is 14.2. The average molecular weight is 888 g/mol. The van der Waals surface area contributed by atoms with Crippen LogP contribution < -0.4 is 10.1 Å². The number of Topliss-reactive ketones (excluding diaryl/α,β-unsaturated/α-hetero) is 1. The number of allylic oxidation sites excluding steroid dienone is 2. The lowest BCUT2D eigenvalue weighted by Gasteiger charge is -2.45. The molecule has 0 aromatic heterocycles. The number of ketones is 1. The topological polar surface area (TPSA) is 298 Å². The van der Waals surface area contributed by atoms with Crippen molar-refractivity contribution in [3.63, 3.8) is 0 Å². The van der Waals surface area contributed by atoms with Crippen LogP contribution in [0.3, 0.4) is 0 Å². The molecule has 4 heterocycles. The van der Waals surface area contributed by atoms with E-state index in [2.05, 4.69) is 5.32 Å². The van der Waals surface area contributed by atoms with Gasteiger partial charge in [0.25, 0.3) is 11.7 Å². The Morgan fingerprint density at radius 1 is 0.889 bits per heavy atom. The van der Waals surface area contributed by atoms with Gasteiger partial charge < -0.3 is 74.6 Å². The molecule has 0 unspecified atom stereocenters. The van der Waals surface area contributed by atoms with Crippen LogP contribution >= 0.6 is 0 Å². The molecule has 19 heteroatoms. The monoisotopic (exact) mass is 887 g/mol. The van der Waals surface area contributed by atoms with E-state index in [1.54, 1.807) is 33.8 Å². The third-order valence-electron chi connectivity index (χ3n) is 12.2. The van der Waals surface area contributed by atoms with Crippen LogP contribution in [0.4, 0.5) is 5.69 Å². The van der Waals surface area contributed by atoms with Crippen molar-refractivity contribution in [2.24, 2.45) is 23.7 Å². The molecular formula is C44H57NO18. The minimum absolute atomic E-state index is 0.0218. The highest BCUT2D eigenvalue weighted by Gasteiger charge is 2.51. The number of aldehydes is 1. The molecule has 63 heavy (non-hydrogen) atoms. The fourth-order valence-corrected chi connectivity index (χ4v) is 8.43. The van der Waals surface area contributed by atoms with Gasteiger partial charge in [-0.25, -0.2) is 0 Å². The third-order valence-corrected chi connectivity index (χ3v) is 12.2. The van der Waals surface area contributed by atoms with Gasteiger partial charge in [-0.1, -0.05) is 45.9 Å². The fourth-order valence-electron chi connectivity index (χ4n) is 8.43. The highest BCUT2D eigenvalue weighted by atomic mass is 16.7. The number of aliphatic hydroxyl groups is 5. The van der Waals surface area contributed by atoms with Crippen LogP contribution in [-0.2, 0) is 33.3 Å². The Morgan fingerprint density at radius 3 is 2.16 bits per heavy atom. The van der Waals surface area contributed by atoms with Gasteiger partial charge in [0.05, 0.1) is 53.4 Å². The third kappa shape index (κ3) is 9.14. The molecule has 14 atom stereocenters. The molecule has 1 fully saturated rings. The van der Waals surface area contributed by atoms with E-state index >= 15 is 0 Å². The van der Waals surface area contributed by atoms with E-state index in [4.69, 9.17) is 28.4 Å². The van der Waals surface area contributed by atoms with Crippen molar-refractivity contribution in [1.82, 2.24) is 0 Å². The van der Waals surface area contributed by atoms with Crippen LogP contribution in [-0.4, -0.2) is 139 Å². The predicted molar refractivity (Wildman–Crippen MR) is 222 cm³/mol. The van der Waals surface area contributed by atoms with Gasteiger partial charge >= 0.3 is 11.8 Å². The zero-order valence-electron chi connectivity index (χ0n) is 36.3. The Hall–Kier alpha value is -5.12. The molecule has 5 bridgehead atoms. The molecule has 6 rings (SSSR count). The van der Waals surface area contributed by atoms with Crippen molar-refractivity contribution >= 4 is 40.4 Å². The summed E-state index contributed by atoms with van der Waals surface area (Å²) >= 11 is 0. The zero-order chi connectivity index (χ0) is 47.0. The lowest BCUT2D eigenvalue weighted by Crippen LogP contribution is -2.61. The number of hydrogen-bond acceptors (Lipinski definition) is 18. The second-order valence-corrected chi connectivity index (χ2v) is 16.5. The maximum atomic E-state index is 14.2. The Morgan fingerprint density at radius 2 is 1.56 bits per heavy atom. The number of amides is 1. The molecule has 0 aliphatic carbocycles. The molecule has 1 amide bonds. The second kappa shape index (κ2) is 19.3. The van der Waals surface area contributed by atoms with Crippen molar-refractivity contribution < 1.29 is 88.5 Å². The van der Waals surface area contributed by atoms with Crippen LogP contribution in [0.5, 0.6) is 23.0 Å². The number of hydrogen-bond donors (Lipinski definition) is 9. The van der Waals surface area contributed by atoms with Crippen LogP contribution in [0.15, 0.2) is 36.1 Å². The predicted octanol–water partition coefficient (Wildman–Crippen LogP) is 2.39. The average Bonchev–Trinajstić information content (AvgIpc) is 3.51. The Bertz CT molecular complexity index is 2180. The highest BCUT2D eigenvalue weighted by molar-refractivity contribution is 6.23. The second-order valence-electron chi connectivity index (χ2n) is 16.5. The quantitative estimate of drug-likeness (QED) is 0.0871. The van der Waals surface area contributed by atoms with Crippen molar-refractivity contribution in [2.75, 3.05) is 19.0 Å². The number of carbonyl (C=O) groups excluding carboxylic acids is 4. The first-order chi connectivity index (χ1) is 29.6. The number of methoxy groups -OCH3 is 1. The van der Waals surface area contributed by atoms with Crippen molar-refractivity contribution in [3.05, 3.63) is 52.8 Å².